The van der Waals surface area contributed by atoms with E-state index >= 15 is 0 Å². The largest absolute Gasteiger partial charge is 0.392 e. The van der Waals surface area contributed by atoms with Gasteiger partial charge in [0.05, 0.1) is 6.10 Å². The Morgan fingerprint density at radius 2 is 2.12 bits per heavy atom. The number of hydrogen-bond donors (Lipinski definition) is 1. The Morgan fingerprint density at radius 1 is 1.44 bits per heavy atom. The van der Waals surface area contributed by atoms with Crippen molar-refractivity contribution < 1.29 is 9.84 Å². The normalized spacial score (nSPS) is 33.1. The van der Waals surface area contributed by atoms with Crippen LogP contribution in [0.15, 0.2) is 12.2 Å². The molecule has 2 saturated heterocycles. The van der Waals surface area contributed by atoms with Crippen LogP contribution in [0, 0.1) is 5.92 Å². The molecule has 0 saturated carbocycles. The van der Waals surface area contributed by atoms with Crippen LogP contribution in [0.5, 0.6) is 0 Å². The van der Waals surface area contributed by atoms with Crippen molar-refractivity contribution in [3.8, 4) is 0 Å². The molecule has 92 valence electrons. The van der Waals surface area contributed by atoms with Crippen molar-refractivity contribution in [3.05, 3.63) is 12.2 Å². The van der Waals surface area contributed by atoms with Gasteiger partial charge in [-0.2, -0.15) is 0 Å². The summed E-state index contributed by atoms with van der Waals surface area (Å²) in [5.41, 5.74) is 1.18. The van der Waals surface area contributed by atoms with Crippen LogP contribution >= 0.6 is 0 Å². The third-order valence-corrected chi connectivity index (χ3v) is 3.78. The van der Waals surface area contributed by atoms with Crippen LogP contribution in [0.25, 0.3) is 0 Å². The monoisotopic (exact) mass is 225 g/mol. The van der Waals surface area contributed by atoms with Gasteiger partial charge in [-0.05, 0) is 32.1 Å². The summed E-state index contributed by atoms with van der Waals surface area (Å²) in [4.78, 5) is 2.41. The highest BCUT2D eigenvalue weighted by Crippen LogP contribution is 2.26. The minimum atomic E-state index is -0.165. The molecule has 0 aromatic carbocycles. The summed E-state index contributed by atoms with van der Waals surface area (Å²) in [6.07, 6.45) is 3.02. The summed E-state index contributed by atoms with van der Waals surface area (Å²) in [6.45, 7) is 9.82. The van der Waals surface area contributed by atoms with Crippen LogP contribution in [-0.4, -0.2) is 48.5 Å². The molecular weight excluding hydrogens is 202 g/mol. The first-order chi connectivity index (χ1) is 7.66. The van der Waals surface area contributed by atoms with E-state index < -0.39 is 0 Å². The minimum absolute atomic E-state index is 0.165. The third kappa shape index (κ3) is 2.84. The lowest BCUT2D eigenvalue weighted by atomic mass is 9.98. The van der Waals surface area contributed by atoms with Crippen LogP contribution in [0.4, 0.5) is 0 Å². The molecule has 0 spiro atoms. The third-order valence-electron chi connectivity index (χ3n) is 3.78. The second kappa shape index (κ2) is 5.30. The van der Waals surface area contributed by atoms with Crippen molar-refractivity contribution in [1.82, 2.24) is 4.90 Å². The zero-order valence-corrected chi connectivity index (χ0v) is 10.2. The molecular formula is C13H23NO2. The molecule has 2 atom stereocenters. The lowest BCUT2D eigenvalue weighted by Crippen LogP contribution is -2.36. The lowest BCUT2D eigenvalue weighted by molar-refractivity contribution is 0.0509. The Hall–Kier alpha value is -0.380. The van der Waals surface area contributed by atoms with E-state index in [0.29, 0.717) is 6.04 Å². The first-order valence-corrected chi connectivity index (χ1v) is 6.32. The number of hydrogen-bond acceptors (Lipinski definition) is 3. The van der Waals surface area contributed by atoms with E-state index in [0.717, 1.165) is 51.5 Å². The molecule has 0 aromatic heterocycles. The number of rotatable bonds is 3. The van der Waals surface area contributed by atoms with E-state index in [1.165, 1.54) is 5.57 Å². The van der Waals surface area contributed by atoms with Crippen molar-refractivity contribution >= 4 is 0 Å². The highest BCUT2D eigenvalue weighted by molar-refractivity contribution is 5.07. The molecule has 2 unspecified atom stereocenters. The Bertz CT molecular complexity index is 248. The predicted octanol–water partition coefficient (Wildman–Crippen LogP) is 1.42. The van der Waals surface area contributed by atoms with Gasteiger partial charge in [0.1, 0.15) is 0 Å². The molecule has 3 nitrogen and oxygen atoms in total. The second-order valence-corrected chi connectivity index (χ2v) is 5.26. The van der Waals surface area contributed by atoms with Crippen molar-refractivity contribution in [2.24, 2.45) is 5.92 Å². The maximum atomic E-state index is 9.74. The van der Waals surface area contributed by atoms with Crippen molar-refractivity contribution in [2.45, 2.75) is 38.3 Å². The molecule has 0 aliphatic carbocycles. The summed E-state index contributed by atoms with van der Waals surface area (Å²) < 4.78 is 5.37. The maximum Gasteiger partial charge on any atom is 0.0685 e. The van der Waals surface area contributed by atoms with Gasteiger partial charge in [0.2, 0.25) is 0 Å². The van der Waals surface area contributed by atoms with Gasteiger partial charge in [-0.1, -0.05) is 12.2 Å². The molecule has 2 aliphatic rings. The SMILES string of the molecule is C=C(C)C1CC(O)CN1CC1CCOCC1. The molecule has 3 heteroatoms. The van der Waals surface area contributed by atoms with Crippen molar-refractivity contribution in [1.29, 1.82) is 0 Å². The Balaban J connectivity index is 1.89. The standard InChI is InChI=1S/C13H23NO2/c1-10(2)13-7-12(15)9-14(13)8-11-3-5-16-6-4-11/h11-13,15H,1,3-9H2,2H3. The first-order valence-electron chi connectivity index (χ1n) is 6.32. The van der Waals surface area contributed by atoms with Crippen LogP contribution in [0.1, 0.15) is 26.2 Å². The van der Waals surface area contributed by atoms with Gasteiger partial charge in [0.15, 0.2) is 0 Å². The van der Waals surface area contributed by atoms with Gasteiger partial charge in [-0.25, -0.2) is 0 Å². The van der Waals surface area contributed by atoms with Gasteiger partial charge < -0.3 is 9.84 Å². The topological polar surface area (TPSA) is 32.7 Å². The van der Waals surface area contributed by atoms with Crippen LogP contribution in [-0.2, 0) is 4.74 Å². The first kappa shape index (κ1) is 12.1. The molecule has 2 fully saturated rings. The molecule has 16 heavy (non-hydrogen) atoms. The highest BCUT2D eigenvalue weighted by Gasteiger charge is 2.32. The average Bonchev–Trinajstić information content (AvgIpc) is 2.61. The molecule has 0 radical (unpaired) electrons. The van der Waals surface area contributed by atoms with Gasteiger partial charge in [0, 0.05) is 32.3 Å². The summed E-state index contributed by atoms with van der Waals surface area (Å²) in [7, 11) is 0. The van der Waals surface area contributed by atoms with E-state index in [1.54, 1.807) is 0 Å². The average molecular weight is 225 g/mol. The Morgan fingerprint density at radius 3 is 2.75 bits per heavy atom. The Kier molecular flexibility index (Phi) is 4.00. The van der Waals surface area contributed by atoms with E-state index in [1.807, 2.05) is 0 Å². The number of nitrogens with zero attached hydrogens (tertiary/aromatic N) is 1. The molecule has 0 amide bonds. The maximum absolute atomic E-state index is 9.74. The summed E-state index contributed by atoms with van der Waals surface area (Å²) in [5, 5.41) is 9.74. The van der Waals surface area contributed by atoms with E-state index in [9.17, 15) is 5.11 Å². The van der Waals surface area contributed by atoms with Crippen LogP contribution in [0.2, 0.25) is 0 Å². The molecule has 0 aromatic rings. The number of aliphatic hydroxyl groups excluding tert-OH is 1. The number of β-amino-alcohol motifs (C(OH)–C–C–N with tert-alkyl or cyclic N) is 1. The van der Waals surface area contributed by atoms with Gasteiger partial charge in [-0.15, -0.1) is 0 Å². The lowest BCUT2D eigenvalue weighted by Gasteiger charge is -2.30. The molecule has 2 rings (SSSR count). The summed E-state index contributed by atoms with van der Waals surface area (Å²) >= 11 is 0. The molecule has 0 bridgehead atoms. The van der Waals surface area contributed by atoms with Gasteiger partial charge in [-0.3, -0.25) is 4.90 Å². The van der Waals surface area contributed by atoms with E-state index in [-0.39, 0.29) is 6.10 Å². The van der Waals surface area contributed by atoms with E-state index in [2.05, 4.69) is 18.4 Å². The zero-order chi connectivity index (χ0) is 11.5. The van der Waals surface area contributed by atoms with Gasteiger partial charge >= 0.3 is 0 Å². The smallest absolute Gasteiger partial charge is 0.0685 e. The fraction of sp³-hybridized carbons (Fsp3) is 0.846. The summed E-state index contributed by atoms with van der Waals surface area (Å²) in [6, 6.07) is 0.387. The molecule has 2 aliphatic heterocycles. The fourth-order valence-corrected chi connectivity index (χ4v) is 2.85. The summed E-state index contributed by atoms with van der Waals surface area (Å²) in [5.74, 6) is 0.737. The number of aliphatic hydroxyl groups is 1. The van der Waals surface area contributed by atoms with Crippen LogP contribution < -0.4 is 0 Å². The quantitative estimate of drug-likeness (QED) is 0.737. The fourth-order valence-electron chi connectivity index (χ4n) is 2.85. The molecule has 1 N–H and O–H groups in total. The van der Waals surface area contributed by atoms with Crippen LogP contribution in [0.3, 0.4) is 0 Å². The minimum Gasteiger partial charge on any atom is -0.392 e. The Labute approximate surface area is 98.1 Å². The number of likely N-dealkylation sites (tertiary alicyclic amines) is 1. The van der Waals surface area contributed by atoms with E-state index in [4.69, 9.17) is 4.74 Å². The number of ether oxygens (including phenoxy) is 1. The zero-order valence-electron chi connectivity index (χ0n) is 10.2. The second-order valence-electron chi connectivity index (χ2n) is 5.26. The predicted molar refractivity (Wildman–Crippen MR) is 64.3 cm³/mol. The highest BCUT2D eigenvalue weighted by atomic mass is 16.5. The van der Waals surface area contributed by atoms with Crippen molar-refractivity contribution in [3.63, 3.8) is 0 Å². The molecule has 2 heterocycles. The van der Waals surface area contributed by atoms with Gasteiger partial charge in [0.25, 0.3) is 0 Å². The van der Waals surface area contributed by atoms with Crippen molar-refractivity contribution in [2.75, 3.05) is 26.3 Å².